The normalized spacial score (nSPS) is 9.74. The van der Waals surface area contributed by atoms with Gasteiger partial charge in [-0.05, 0) is 18.2 Å². The van der Waals surface area contributed by atoms with E-state index in [0.717, 1.165) is 4.47 Å². The third-order valence-electron chi connectivity index (χ3n) is 1.88. The van der Waals surface area contributed by atoms with Crippen molar-refractivity contribution in [2.75, 3.05) is 13.2 Å². The van der Waals surface area contributed by atoms with Gasteiger partial charge >= 0.3 is 5.97 Å². The number of halogens is 1. The lowest BCUT2D eigenvalue weighted by atomic mass is 10.2. The summed E-state index contributed by atoms with van der Waals surface area (Å²) in [5.41, 5.74) is 2.29. The van der Waals surface area contributed by atoms with Crippen LogP contribution in [0.2, 0.25) is 0 Å². The molecule has 0 saturated carbocycles. The average molecular weight is 331 g/mol. The zero-order valence-corrected chi connectivity index (χ0v) is 11.3. The lowest BCUT2D eigenvalue weighted by molar-refractivity contribution is -0.148. The summed E-state index contributed by atoms with van der Waals surface area (Å²) >= 11 is 3.22. The van der Waals surface area contributed by atoms with Gasteiger partial charge in [0.05, 0.1) is 6.54 Å². The van der Waals surface area contributed by atoms with Gasteiger partial charge in [-0.1, -0.05) is 22.0 Å². The molecule has 1 aromatic carbocycles. The molecule has 0 heterocycles. The van der Waals surface area contributed by atoms with Crippen molar-refractivity contribution in [1.82, 2.24) is 10.8 Å². The fourth-order valence-electron chi connectivity index (χ4n) is 1.11. The Hall–Kier alpha value is -1.93. The summed E-state index contributed by atoms with van der Waals surface area (Å²) in [4.78, 5) is 37.3. The highest BCUT2D eigenvalue weighted by Crippen LogP contribution is 2.11. The Bertz CT molecular complexity index is 492. The van der Waals surface area contributed by atoms with Gasteiger partial charge in [-0.2, -0.15) is 0 Å². The van der Waals surface area contributed by atoms with E-state index in [4.69, 9.17) is 5.11 Å². The maximum atomic E-state index is 11.6. The number of benzene rings is 1. The SMILES string of the molecule is O=C(O)CONC(=O)CNC(=O)c1cccc(Br)c1. The van der Waals surface area contributed by atoms with Crippen molar-refractivity contribution in [1.29, 1.82) is 0 Å². The van der Waals surface area contributed by atoms with Gasteiger partial charge in [0, 0.05) is 10.0 Å². The molecule has 0 spiro atoms. The Morgan fingerprint density at radius 2 is 2.05 bits per heavy atom. The Balaban J connectivity index is 2.34. The minimum atomic E-state index is -1.21. The van der Waals surface area contributed by atoms with Crippen molar-refractivity contribution in [3.63, 3.8) is 0 Å². The van der Waals surface area contributed by atoms with Gasteiger partial charge in [0.15, 0.2) is 6.61 Å². The van der Waals surface area contributed by atoms with Crippen LogP contribution in [0.5, 0.6) is 0 Å². The molecule has 0 aromatic heterocycles. The van der Waals surface area contributed by atoms with Gasteiger partial charge < -0.3 is 10.4 Å². The standard InChI is InChI=1S/C11H11BrN2O5/c12-8-3-1-2-7(4-8)11(18)13-5-9(15)14-19-6-10(16)17/h1-4H,5-6H2,(H,13,18)(H,14,15)(H,16,17). The Morgan fingerprint density at radius 1 is 1.32 bits per heavy atom. The Kier molecular flexibility index (Phi) is 5.97. The van der Waals surface area contributed by atoms with E-state index in [-0.39, 0.29) is 6.54 Å². The van der Waals surface area contributed by atoms with Gasteiger partial charge in [-0.15, -0.1) is 0 Å². The predicted octanol–water partition coefficient (Wildman–Crippen LogP) is 0.311. The third kappa shape index (κ3) is 5.98. The van der Waals surface area contributed by atoms with Crippen LogP contribution in [0.3, 0.4) is 0 Å². The Labute approximate surface area is 117 Å². The number of amides is 2. The third-order valence-corrected chi connectivity index (χ3v) is 2.37. The van der Waals surface area contributed by atoms with E-state index in [2.05, 4.69) is 26.1 Å². The highest BCUT2D eigenvalue weighted by atomic mass is 79.9. The lowest BCUT2D eigenvalue weighted by Gasteiger charge is -2.06. The number of carbonyl (C=O) groups excluding carboxylic acids is 2. The van der Waals surface area contributed by atoms with Crippen molar-refractivity contribution < 1.29 is 24.3 Å². The second-order valence-corrected chi connectivity index (χ2v) is 4.32. The van der Waals surface area contributed by atoms with Crippen LogP contribution < -0.4 is 10.8 Å². The number of carboxylic acids is 1. The first kappa shape index (κ1) is 15.1. The van der Waals surface area contributed by atoms with Crippen LogP contribution in [-0.2, 0) is 14.4 Å². The van der Waals surface area contributed by atoms with Crippen LogP contribution in [0.1, 0.15) is 10.4 Å². The first-order chi connectivity index (χ1) is 8.99. The van der Waals surface area contributed by atoms with Crippen molar-refractivity contribution in [3.05, 3.63) is 34.3 Å². The van der Waals surface area contributed by atoms with Gasteiger partial charge in [-0.25, -0.2) is 10.3 Å². The number of nitrogens with one attached hydrogen (secondary N) is 2. The molecule has 7 nitrogen and oxygen atoms in total. The van der Waals surface area contributed by atoms with Gasteiger partial charge in [-0.3, -0.25) is 14.4 Å². The molecule has 0 atom stereocenters. The maximum Gasteiger partial charge on any atom is 0.332 e. The predicted molar refractivity (Wildman–Crippen MR) is 68.2 cm³/mol. The summed E-state index contributed by atoms with van der Waals surface area (Å²) in [6.07, 6.45) is 0. The molecule has 0 fully saturated rings. The molecule has 102 valence electrons. The van der Waals surface area contributed by atoms with Gasteiger partial charge in [0.25, 0.3) is 11.8 Å². The molecule has 3 N–H and O–H groups in total. The highest BCUT2D eigenvalue weighted by Gasteiger charge is 2.08. The van der Waals surface area contributed by atoms with Crippen LogP contribution in [0.4, 0.5) is 0 Å². The van der Waals surface area contributed by atoms with Gasteiger partial charge in [0.2, 0.25) is 0 Å². The van der Waals surface area contributed by atoms with E-state index < -0.39 is 24.4 Å². The zero-order chi connectivity index (χ0) is 14.3. The number of rotatable bonds is 6. The summed E-state index contributed by atoms with van der Waals surface area (Å²) in [6.45, 7) is -0.962. The first-order valence-electron chi connectivity index (χ1n) is 5.15. The van der Waals surface area contributed by atoms with Crippen LogP contribution >= 0.6 is 15.9 Å². The minimum absolute atomic E-state index is 0.315. The molecule has 0 radical (unpaired) electrons. The molecule has 1 aromatic rings. The molecule has 1 rings (SSSR count). The van der Waals surface area contributed by atoms with Crippen LogP contribution in [-0.4, -0.2) is 36.0 Å². The van der Waals surface area contributed by atoms with Crippen molar-refractivity contribution in [2.45, 2.75) is 0 Å². The van der Waals surface area contributed by atoms with Crippen molar-refractivity contribution in [3.8, 4) is 0 Å². The fourth-order valence-corrected chi connectivity index (χ4v) is 1.51. The summed E-state index contributed by atoms with van der Waals surface area (Å²) in [5, 5.41) is 10.6. The van der Waals surface area contributed by atoms with Gasteiger partial charge in [0.1, 0.15) is 0 Å². The summed E-state index contributed by atoms with van der Waals surface area (Å²) in [5.74, 6) is -2.28. The quantitative estimate of drug-likeness (QED) is 0.651. The maximum absolute atomic E-state index is 11.6. The Morgan fingerprint density at radius 3 is 2.68 bits per heavy atom. The first-order valence-corrected chi connectivity index (χ1v) is 5.94. The van der Waals surface area contributed by atoms with E-state index in [0.29, 0.717) is 5.56 Å². The molecule has 2 amide bonds. The molecule has 0 unspecified atom stereocenters. The minimum Gasteiger partial charge on any atom is -0.479 e. The van der Waals surface area contributed by atoms with E-state index in [1.54, 1.807) is 24.3 Å². The number of hydrogen-bond acceptors (Lipinski definition) is 4. The zero-order valence-electron chi connectivity index (χ0n) is 9.68. The molecule has 0 aliphatic carbocycles. The smallest absolute Gasteiger partial charge is 0.332 e. The average Bonchev–Trinajstić information content (AvgIpc) is 2.35. The second kappa shape index (κ2) is 7.49. The molecular formula is C11H11BrN2O5. The molecule has 8 heteroatoms. The second-order valence-electron chi connectivity index (χ2n) is 3.40. The van der Waals surface area contributed by atoms with E-state index in [1.165, 1.54) is 0 Å². The van der Waals surface area contributed by atoms with Crippen molar-refractivity contribution >= 4 is 33.7 Å². The summed E-state index contributed by atoms with van der Waals surface area (Å²) in [6, 6.07) is 6.66. The van der Waals surface area contributed by atoms with E-state index in [1.807, 2.05) is 5.48 Å². The number of aliphatic carboxylic acids is 1. The fraction of sp³-hybridized carbons (Fsp3) is 0.182. The number of hydroxylamine groups is 1. The van der Waals surface area contributed by atoms with Crippen LogP contribution in [0.25, 0.3) is 0 Å². The summed E-state index contributed by atoms with van der Waals surface area (Å²) < 4.78 is 0.745. The topological polar surface area (TPSA) is 105 Å². The number of carbonyl (C=O) groups is 3. The number of hydrogen-bond donors (Lipinski definition) is 3. The molecule has 0 bridgehead atoms. The highest BCUT2D eigenvalue weighted by molar-refractivity contribution is 9.10. The molecule has 19 heavy (non-hydrogen) atoms. The largest absolute Gasteiger partial charge is 0.479 e. The lowest BCUT2D eigenvalue weighted by Crippen LogP contribution is -2.37. The molecule has 0 aliphatic heterocycles. The number of carboxylic acid groups (broad SMARTS) is 1. The van der Waals surface area contributed by atoms with Crippen LogP contribution in [0.15, 0.2) is 28.7 Å². The molecular weight excluding hydrogens is 320 g/mol. The monoisotopic (exact) mass is 330 g/mol. The van der Waals surface area contributed by atoms with Crippen molar-refractivity contribution in [2.24, 2.45) is 0 Å². The molecule has 0 aliphatic rings. The van der Waals surface area contributed by atoms with Crippen LogP contribution in [0, 0.1) is 0 Å². The van der Waals surface area contributed by atoms with E-state index >= 15 is 0 Å². The summed E-state index contributed by atoms with van der Waals surface area (Å²) in [7, 11) is 0. The molecule has 0 saturated heterocycles. The van der Waals surface area contributed by atoms with E-state index in [9.17, 15) is 14.4 Å².